The molecule has 3 rings (SSSR count). The van der Waals surface area contributed by atoms with Crippen molar-refractivity contribution in [3.63, 3.8) is 0 Å². The fraction of sp³-hybridized carbons (Fsp3) is 0.0952. The van der Waals surface area contributed by atoms with Crippen molar-refractivity contribution >= 4 is 38.9 Å². The van der Waals surface area contributed by atoms with E-state index in [1.165, 1.54) is 55.6 Å². The maximum Gasteiger partial charge on any atom is 0.265 e. The number of para-hydroxylation sites is 1. The first-order valence-electron chi connectivity index (χ1n) is 8.92. The van der Waals surface area contributed by atoms with Gasteiger partial charge in [0.25, 0.3) is 15.9 Å². The minimum atomic E-state index is -4.07. The number of sulfonamides is 1. The summed E-state index contributed by atoms with van der Waals surface area (Å²) in [4.78, 5) is 12.0. The van der Waals surface area contributed by atoms with Gasteiger partial charge in [0.05, 0.1) is 17.8 Å². The monoisotopic (exact) mass is 464 g/mol. The van der Waals surface area contributed by atoms with E-state index in [0.717, 1.165) is 0 Å². The third-order valence-electron chi connectivity index (χ3n) is 4.04. The Morgan fingerprint density at radius 1 is 1.06 bits per heavy atom. The summed E-state index contributed by atoms with van der Waals surface area (Å²) in [5.41, 5.74) is 0.418. The third-order valence-corrected chi connectivity index (χ3v) is 5.75. The van der Waals surface area contributed by atoms with Crippen molar-refractivity contribution in [2.45, 2.75) is 4.90 Å². The second kappa shape index (κ2) is 9.67. The number of methoxy groups -OCH3 is 1. The van der Waals surface area contributed by atoms with Crippen molar-refractivity contribution in [1.29, 1.82) is 0 Å². The van der Waals surface area contributed by atoms with E-state index in [9.17, 15) is 17.6 Å². The molecule has 0 unspecified atom stereocenters. The number of ether oxygens (including phenoxy) is 2. The van der Waals surface area contributed by atoms with Crippen molar-refractivity contribution < 1.29 is 27.1 Å². The van der Waals surface area contributed by atoms with Crippen LogP contribution in [0.5, 0.6) is 11.5 Å². The second-order valence-corrected chi connectivity index (χ2v) is 8.30. The molecule has 0 bridgehead atoms. The quantitative estimate of drug-likeness (QED) is 0.518. The number of benzene rings is 3. The van der Waals surface area contributed by atoms with Gasteiger partial charge < -0.3 is 14.8 Å². The summed E-state index contributed by atoms with van der Waals surface area (Å²) >= 11 is 6.04. The SMILES string of the molecule is COc1ccc(NC(=O)COc2ccc(F)cc2)cc1S(=O)(=O)Nc1ccccc1Cl. The topological polar surface area (TPSA) is 93.7 Å². The Hall–Kier alpha value is -3.30. The van der Waals surface area contributed by atoms with Crippen LogP contribution in [-0.2, 0) is 14.8 Å². The van der Waals surface area contributed by atoms with Crippen molar-refractivity contribution in [2.24, 2.45) is 0 Å². The Bertz CT molecular complexity index is 1190. The lowest BCUT2D eigenvalue weighted by Crippen LogP contribution is -2.21. The molecular formula is C21H18ClFN2O5S. The van der Waals surface area contributed by atoms with E-state index in [-0.39, 0.29) is 33.6 Å². The molecule has 0 heterocycles. The summed E-state index contributed by atoms with van der Waals surface area (Å²) in [6.45, 7) is -0.350. The lowest BCUT2D eigenvalue weighted by Gasteiger charge is -2.14. The summed E-state index contributed by atoms with van der Waals surface area (Å²) in [5, 5.41) is 2.78. The minimum Gasteiger partial charge on any atom is -0.495 e. The predicted octanol–water partition coefficient (Wildman–Crippen LogP) is 4.31. The van der Waals surface area contributed by atoms with Crippen LogP contribution in [0.25, 0.3) is 0 Å². The van der Waals surface area contributed by atoms with Crippen LogP contribution in [0.1, 0.15) is 0 Å². The maximum absolute atomic E-state index is 12.9. The van der Waals surface area contributed by atoms with Gasteiger partial charge in [-0.2, -0.15) is 0 Å². The molecule has 7 nitrogen and oxygen atoms in total. The highest BCUT2D eigenvalue weighted by Gasteiger charge is 2.22. The Morgan fingerprint density at radius 2 is 1.77 bits per heavy atom. The summed E-state index contributed by atoms with van der Waals surface area (Å²) in [6.07, 6.45) is 0. The van der Waals surface area contributed by atoms with E-state index in [0.29, 0.717) is 5.75 Å². The van der Waals surface area contributed by atoms with Crippen LogP contribution in [0.2, 0.25) is 5.02 Å². The van der Waals surface area contributed by atoms with E-state index < -0.39 is 21.7 Å². The van der Waals surface area contributed by atoms with Crippen LogP contribution >= 0.6 is 11.6 Å². The first kappa shape index (κ1) is 22.4. The number of anilines is 2. The minimum absolute atomic E-state index is 0.0834. The zero-order valence-electron chi connectivity index (χ0n) is 16.3. The summed E-state index contributed by atoms with van der Waals surface area (Å²) in [5.74, 6) is -0.551. The molecule has 0 saturated carbocycles. The van der Waals surface area contributed by atoms with Crippen LogP contribution < -0.4 is 19.5 Å². The first-order chi connectivity index (χ1) is 14.8. The van der Waals surface area contributed by atoms with Gasteiger partial charge in [-0.25, -0.2) is 12.8 Å². The lowest BCUT2D eigenvalue weighted by molar-refractivity contribution is -0.118. The molecule has 3 aromatic carbocycles. The number of rotatable bonds is 8. The van der Waals surface area contributed by atoms with Crippen molar-refractivity contribution in [3.05, 3.63) is 77.6 Å². The van der Waals surface area contributed by atoms with Crippen molar-refractivity contribution in [3.8, 4) is 11.5 Å². The molecule has 2 N–H and O–H groups in total. The molecular weight excluding hydrogens is 447 g/mol. The number of hydrogen-bond acceptors (Lipinski definition) is 5. The van der Waals surface area contributed by atoms with E-state index in [2.05, 4.69) is 10.0 Å². The first-order valence-corrected chi connectivity index (χ1v) is 10.8. The predicted molar refractivity (Wildman–Crippen MR) is 116 cm³/mol. The molecule has 0 atom stereocenters. The number of carbonyl (C=O) groups excluding carboxylic acids is 1. The zero-order valence-corrected chi connectivity index (χ0v) is 17.8. The number of carbonyl (C=O) groups is 1. The number of amides is 1. The molecule has 162 valence electrons. The number of hydrogen-bond donors (Lipinski definition) is 2. The Labute approximate surface area is 183 Å². The van der Waals surface area contributed by atoms with Gasteiger partial charge in [0.15, 0.2) is 6.61 Å². The average molecular weight is 465 g/mol. The number of nitrogens with one attached hydrogen (secondary N) is 2. The second-order valence-electron chi connectivity index (χ2n) is 6.24. The van der Waals surface area contributed by atoms with Gasteiger partial charge in [0.1, 0.15) is 22.2 Å². The van der Waals surface area contributed by atoms with Crippen LogP contribution in [0.15, 0.2) is 71.6 Å². The smallest absolute Gasteiger partial charge is 0.265 e. The van der Waals surface area contributed by atoms with E-state index in [4.69, 9.17) is 21.1 Å². The molecule has 31 heavy (non-hydrogen) atoms. The normalized spacial score (nSPS) is 10.9. The summed E-state index contributed by atoms with van der Waals surface area (Å²) < 4.78 is 51.5. The lowest BCUT2D eigenvalue weighted by atomic mass is 10.3. The van der Waals surface area contributed by atoms with Crippen molar-refractivity contribution in [2.75, 3.05) is 23.8 Å². The van der Waals surface area contributed by atoms with Crippen LogP contribution in [0.3, 0.4) is 0 Å². The highest BCUT2D eigenvalue weighted by atomic mass is 35.5. The van der Waals surface area contributed by atoms with Gasteiger partial charge in [-0.1, -0.05) is 23.7 Å². The fourth-order valence-electron chi connectivity index (χ4n) is 2.58. The molecule has 3 aromatic rings. The summed E-state index contributed by atoms with van der Waals surface area (Å²) in [7, 11) is -2.74. The molecule has 0 aliphatic heterocycles. The molecule has 10 heteroatoms. The van der Waals surface area contributed by atoms with Gasteiger partial charge in [-0.05, 0) is 54.6 Å². The standard InChI is InChI=1S/C21H18ClFN2O5S/c1-29-19-11-8-15(24-21(26)13-30-16-9-6-14(23)7-10-16)12-20(19)31(27,28)25-18-5-3-2-4-17(18)22/h2-12,25H,13H2,1H3,(H,24,26). The Balaban J connectivity index is 1.75. The van der Waals surface area contributed by atoms with Gasteiger partial charge in [-0.3, -0.25) is 9.52 Å². The molecule has 0 saturated heterocycles. The highest BCUT2D eigenvalue weighted by Crippen LogP contribution is 2.30. The molecule has 0 radical (unpaired) electrons. The van der Waals surface area contributed by atoms with Gasteiger partial charge in [0.2, 0.25) is 0 Å². The molecule has 0 spiro atoms. The average Bonchev–Trinajstić information content (AvgIpc) is 2.75. The maximum atomic E-state index is 12.9. The van der Waals surface area contributed by atoms with Crippen molar-refractivity contribution in [1.82, 2.24) is 0 Å². The third kappa shape index (κ3) is 5.87. The van der Waals surface area contributed by atoms with Crippen LogP contribution in [0, 0.1) is 5.82 Å². The van der Waals surface area contributed by atoms with Crippen LogP contribution in [-0.4, -0.2) is 28.0 Å². The molecule has 1 amide bonds. The Morgan fingerprint density at radius 3 is 2.45 bits per heavy atom. The number of halogens is 2. The van der Waals surface area contributed by atoms with E-state index in [1.54, 1.807) is 18.2 Å². The molecule has 0 fully saturated rings. The fourth-order valence-corrected chi connectivity index (χ4v) is 4.10. The Kier molecular flexibility index (Phi) is 6.98. The molecule has 0 aromatic heterocycles. The van der Waals surface area contributed by atoms with Gasteiger partial charge in [0, 0.05) is 5.69 Å². The summed E-state index contributed by atoms with van der Waals surface area (Å²) in [6, 6.07) is 15.7. The van der Waals surface area contributed by atoms with Gasteiger partial charge >= 0.3 is 0 Å². The van der Waals surface area contributed by atoms with E-state index in [1.807, 2.05) is 0 Å². The zero-order chi connectivity index (χ0) is 22.4. The molecule has 0 aliphatic carbocycles. The van der Waals surface area contributed by atoms with Gasteiger partial charge in [-0.15, -0.1) is 0 Å². The highest BCUT2D eigenvalue weighted by molar-refractivity contribution is 7.92. The van der Waals surface area contributed by atoms with E-state index >= 15 is 0 Å². The van der Waals surface area contributed by atoms with Crippen LogP contribution in [0.4, 0.5) is 15.8 Å². The largest absolute Gasteiger partial charge is 0.495 e. The molecule has 0 aliphatic rings.